The normalized spacial score (nSPS) is 16.6. The molecule has 11 heteroatoms. The van der Waals surface area contributed by atoms with Crippen molar-refractivity contribution in [1.29, 1.82) is 0 Å². The number of nitrogen functional groups attached to an aromatic ring is 1. The van der Waals surface area contributed by atoms with Gasteiger partial charge in [-0.15, -0.1) is 0 Å². The summed E-state index contributed by atoms with van der Waals surface area (Å²) in [7, 11) is 0. The van der Waals surface area contributed by atoms with Gasteiger partial charge in [0.1, 0.15) is 23.7 Å². The molecule has 0 spiro atoms. The van der Waals surface area contributed by atoms with Gasteiger partial charge in [-0.25, -0.2) is 23.8 Å². The second-order valence-electron chi connectivity index (χ2n) is 9.30. The Kier molecular flexibility index (Phi) is 4.38. The van der Waals surface area contributed by atoms with Crippen LogP contribution in [0.3, 0.4) is 0 Å². The highest BCUT2D eigenvalue weighted by molar-refractivity contribution is 6.01. The molecule has 2 aliphatic carbocycles. The maximum atomic E-state index is 15.0. The van der Waals surface area contributed by atoms with Crippen LogP contribution in [0.4, 0.5) is 26.6 Å². The molecule has 2 amide bonds. The predicted octanol–water partition coefficient (Wildman–Crippen LogP) is 4.54. The first kappa shape index (κ1) is 20.6. The van der Waals surface area contributed by atoms with E-state index in [9.17, 15) is 9.18 Å². The highest BCUT2D eigenvalue weighted by Crippen LogP contribution is 2.49. The number of carbonyl (C=O) groups is 1. The SMILES string of the molecule is Cc1c(C2(C)CC2)noc1NC(=O)Nc1ccc(-c2nn(C3CC3)c3ncnc(N)c23)cc1F. The van der Waals surface area contributed by atoms with Crippen molar-refractivity contribution >= 4 is 34.5 Å². The lowest BCUT2D eigenvalue weighted by molar-refractivity contribution is 0.261. The van der Waals surface area contributed by atoms with Gasteiger partial charge in [0, 0.05) is 16.5 Å². The Bertz CT molecular complexity index is 1450. The summed E-state index contributed by atoms with van der Waals surface area (Å²) in [5, 5.41) is 14.5. The standard InChI is InChI=1S/C23H23FN8O2/c1-11-18(23(2)7-8-23)31-34-21(11)29-22(33)28-15-6-3-12(9-14(15)24)17-16-19(25)26-10-27-20(16)32(30-17)13-4-5-13/h3,6,9-10,13H,4-5,7-8H2,1-2H3,(H2,25,26,27)(H2,28,29,33). The summed E-state index contributed by atoms with van der Waals surface area (Å²) in [6, 6.07) is 4.11. The van der Waals surface area contributed by atoms with Crippen LogP contribution >= 0.6 is 0 Å². The van der Waals surface area contributed by atoms with Crippen LogP contribution in [0, 0.1) is 12.7 Å². The Morgan fingerprint density at radius 2 is 2.06 bits per heavy atom. The average molecular weight is 462 g/mol. The van der Waals surface area contributed by atoms with E-state index < -0.39 is 11.8 Å². The van der Waals surface area contributed by atoms with Gasteiger partial charge in [0.05, 0.1) is 22.8 Å². The van der Waals surface area contributed by atoms with Crippen molar-refractivity contribution < 1.29 is 13.7 Å². The van der Waals surface area contributed by atoms with E-state index in [2.05, 4.69) is 37.8 Å². The molecule has 0 saturated heterocycles. The minimum Gasteiger partial charge on any atom is -0.383 e. The molecule has 3 heterocycles. The molecule has 6 rings (SSSR count). The van der Waals surface area contributed by atoms with E-state index >= 15 is 0 Å². The fraction of sp³-hybridized carbons (Fsp3) is 0.348. The molecule has 10 nitrogen and oxygen atoms in total. The highest BCUT2D eigenvalue weighted by Gasteiger charge is 2.43. The van der Waals surface area contributed by atoms with Crippen molar-refractivity contribution in [1.82, 2.24) is 24.9 Å². The molecule has 0 unspecified atom stereocenters. The number of nitrogens with one attached hydrogen (secondary N) is 2. The summed E-state index contributed by atoms with van der Waals surface area (Å²) in [4.78, 5) is 20.9. The van der Waals surface area contributed by atoms with Crippen LogP contribution in [-0.2, 0) is 5.41 Å². The van der Waals surface area contributed by atoms with E-state index in [0.29, 0.717) is 22.3 Å². The molecular weight excluding hydrogens is 439 g/mol. The number of halogens is 1. The number of amides is 2. The number of urea groups is 1. The molecule has 34 heavy (non-hydrogen) atoms. The molecule has 0 bridgehead atoms. The Hall–Kier alpha value is -4.02. The van der Waals surface area contributed by atoms with Crippen LogP contribution in [-0.4, -0.2) is 30.9 Å². The van der Waals surface area contributed by atoms with Crippen molar-refractivity contribution in [3.8, 4) is 11.3 Å². The first-order chi connectivity index (χ1) is 16.3. The molecule has 174 valence electrons. The van der Waals surface area contributed by atoms with Gasteiger partial charge < -0.3 is 15.6 Å². The van der Waals surface area contributed by atoms with E-state index in [4.69, 9.17) is 10.3 Å². The van der Waals surface area contributed by atoms with Crippen LogP contribution in [0.5, 0.6) is 0 Å². The largest absolute Gasteiger partial charge is 0.383 e. The Morgan fingerprint density at radius 3 is 2.76 bits per heavy atom. The molecule has 1 aromatic carbocycles. The number of nitrogens with two attached hydrogens (primary N) is 1. The van der Waals surface area contributed by atoms with Gasteiger partial charge in [0.25, 0.3) is 0 Å². The second kappa shape index (κ2) is 7.24. The second-order valence-corrected chi connectivity index (χ2v) is 9.30. The Labute approximate surface area is 193 Å². The lowest BCUT2D eigenvalue weighted by Crippen LogP contribution is -2.20. The summed E-state index contributed by atoms with van der Waals surface area (Å²) >= 11 is 0. The predicted molar refractivity (Wildman–Crippen MR) is 124 cm³/mol. The van der Waals surface area contributed by atoms with Gasteiger partial charge in [0.15, 0.2) is 5.65 Å². The number of nitrogens with zero attached hydrogens (tertiary/aromatic N) is 5. The lowest BCUT2D eigenvalue weighted by atomic mass is 10.0. The zero-order valence-corrected chi connectivity index (χ0v) is 18.7. The van der Waals surface area contributed by atoms with Crippen molar-refractivity contribution in [3.63, 3.8) is 0 Å². The van der Waals surface area contributed by atoms with Crippen LogP contribution in [0.25, 0.3) is 22.3 Å². The van der Waals surface area contributed by atoms with Gasteiger partial charge in [-0.3, -0.25) is 5.32 Å². The van der Waals surface area contributed by atoms with E-state index in [-0.39, 0.29) is 28.8 Å². The number of aromatic nitrogens is 5. The van der Waals surface area contributed by atoms with Crippen LogP contribution < -0.4 is 16.4 Å². The molecular formula is C23H23FN8O2. The van der Waals surface area contributed by atoms with Gasteiger partial charge >= 0.3 is 6.03 Å². The third kappa shape index (κ3) is 3.35. The first-order valence-electron chi connectivity index (χ1n) is 11.2. The van der Waals surface area contributed by atoms with Crippen molar-refractivity contribution in [2.45, 2.75) is 51.0 Å². The molecule has 0 radical (unpaired) electrons. The molecule has 2 saturated carbocycles. The minimum absolute atomic E-state index is 0.0109. The summed E-state index contributed by atoms with van der Waals surface area (Å²) in [5.41, 5.74) is 9.42. The molecule has 0 atom stereocenters. The molecule has 4 aromatic rings. The highest BCUT2D eigenvalue weighted by atomic mass is 19.1. The number of hydrogen-bond acceptors (Lipinski definition) is 7. The monoisotopic (exact) mass is 462 g/mol. The maximum Gasteiger partial charge on any atom is 0.326 e. The Morgan fingerprint density at radius 1 is 1.26 bits per heavy atom. The first-order valence-corrected chi connectivity index (χ1v) is 11.2. The van der Waals surface area contributed by atoms with E-state index in [1.165, 1.54) is 18.5 Å². The van der Waals surface area contributed by atoms with Crippen LogP contribution in [0.1, 0.15) is 49.9 Å². The fourth-order valence-corrected chi connectivity index (χ4v) is 4.23. The zero-order chi connectivity index (χ0) is 23.6. The topological polar surface area (TPSA) is 137 Å². The average Bonchev–Trinajstić information content (AvgIpc) is 3.72. The summed E-state index contributed by atoms with van der Waals surface area (Å²) < 4.78 is 22.1. The van der Waals surface area contributed by atoms with Gasteiger partial charge in [-0.2, -0.15) is 5.10 Å². The van der Waals surface area contributed by atoms with Gasteiger partial charge in [-0.05, 0) is 44.7 Å². The number of rotatable bonds is 5. The molecule has 0 aliphatic heterocycles. The van der Waals surface area contributed by atoms with Crippen molar-refractivity contribution in [2.24, 2.45) is 0 Å². The fourth-order valence-electron chi connectivity index (χ4n) is 4.23. The van der Waals surface area contributed by atoms with Crippen LogP contribution in [0.2, 0.25) is 0 Å². The third-order valence-corrected chi connectivity index (χ3v) is 6.62. The number of carbonyl (C=O) groups excluding carboxylic acids is 1. The Balaban J connectivity index is 1.25. The van der Waals surface area contributed by atoms with E-state index in [1.807, 2.05) is 11.6 Å². The number of anilines is 3. The molecule has 2 fully saturated rings. The molecule has 4 N–H and O–H groups in total. The van der Waals surface area contributed by atoms with Crippen molar-refractivity contribution in [2.75, 3.05) is 16.4 Å². The maximum absolute atomic E-state index is 15.0. The van der Waals surface area contributed by atoms with Crippen LogP contribution in [0.15, 0.2) is 29.0 Å². The minimum atomic E-state index is -0.625. The van der Waals surface area contributed by atoms with Gasteiger partial charge in [-0.1, -0.05) is 18.1 Å². The lowest BCUT2D eigenvalue weighted by Gasteiger charge is -2.09. The summed E-state index contributed by atoms with van der Waals surface area (Å²) in [6.45, 7) is 3.95. The summed E-state index contributed by atoms with van der Waals surface area (Å²) in [5.74, 6) is -0.0707. The molecule has 3 aromatic heterocycles. The summed E-state index contributed by atoms with van der Waals surface area (Å²) in [6.07, 6.45) is 5.50. The quantitative estimate of drug-likeness (QED) is 0.396. The smallest absolute Gasteiger partial charge is 0.326 e. The third-order valence-electron chi connectivity index (χ3n) is 6.62. The number of hydrogen-bond donors (Lipinski definition) is 3. The van der Waals surface area contributed by atoms with Gasteiger partial charge in [0.2, 0.25) is 5.88 Å². The zero-order valence-electron chi connectivity index (χ0n) is 18.7. The van der Waals surface area contributed by atoms with Crippen molar-refractivity contribution in [3.05, 3.63) is 41.6 Å². The molecule has 2 aliphatic rings. The number of benzene rings is 1. The van der Waals surface area contributed by atoms with E-state index in [1.54, 1.807) is 6.07 Å². The number of fused-ring (bicyclic) bond motifs is 1. The van der Waals surface area contributed by atoms with E-state index in [0.717, 1.165) is 36.9 Å².